The minimum atomic E-state index is -0.463. The highest BCUT2D eigenvalue weighted by Gasteiger charge is 2.32. The van der Waals surface area contributed by atoms with E-state index in [0.29, 0.717) is 30.9 Å². The lowest BCUT2D eigenvalue weighted by Gasteiger charge is -2.21. The normalized spacial score (nSPS) is 27.6. The lowest BCUT2D eigenvalue weighted by atomic mass is 10.0. The number of benzene rings is 1. The van der Waals surface area contributed by atoms with Crippen molar-refractivity contribution in [3.63, 3.8) is 0 Å². The summed E-state index contributed by atoms with van der Waals surface area (Å²) in [6.07, 6.45) is 2.49. The molecule has 1 unspecified atom stereocenters. The van der Waals surface area contributed by atoms with E-state index in [4.69, 9.17) is 15.2 Å². The van der Waals surface area contributed by atoms with Gasteiger partial charge >= 0.3 is 0 Å². The Morgan fingerprint density at radius 3 is 3.00 bits per heavy atom. The molecular formula is C16H21FN2O3. The number of amides is 1. The van der Waals surface area contributed by atoms with Crippen molar-refractivity contribution in [3.05, 3.63) is 29.6 Å². The number of nitrogens with one attached hydrogen (secondary N) is 1. The number of carbonyl (C=O) groups excluding carboxylic acids is 1. The number of nitrogens with two attached hydrogens (primary N) is 1. The zero-order valence-corrected chi connectivity index (χ0v) is 12.4. The van der Waals surface area contributed by atoms with E-state index in [1.165, 1.54) is 12.1 Å². The maximum atomic E-state index is 13.5. The summed E-state index contributed by atoms with van der Waals surface area (Å²) in [5.74, 6) is 0.151. The van der Waals surface area contributed by atoms with E-state index in [1.807, 2.05) is 0 Å². The largest absolute Gasteiger partial charge is 0.493 e. The second-order valence-corrected chi connectivity index (χ2v) is 5.79. The standard InChI is InChI=1S/C16H21FN2O3/c17-10-3-5-14-12(8-10)13(2-1-7-21-14)19-16(20)15-6-4-11(9-18)22-15/h3,5,8,11,13,15H,1-2,4,6-7,9,18H2,(H,19,20)/t11-,13?,15+/m1/s1. The molecule has 3 atom stereocenters. The van der Waals surface area contributed by atoms with Gasteiger partial charge in [0.2, 0.25) is 5.91 Å². The quantitative estimate of drug-likeness (QED) is 0.891. The molecule has 3 N–H and O–H groups in total. The van der Waals surface area contributed by atoms with E-state index in [9.17, 15) is 9.18 Å². The fraction of sp³-hybridized carbons (Fsp3) is 0.562. The van der Waals surface area contributed by atoms with Gasteiger partial charge in [-0.3, -0.25) is 4.79 Å². The van der Waals surface area contributed by atoms with Crippen molar-refractivity contribution in [2.75, 3.05) is 13.2 Å². The van der Waals surface area contributed by atoms with Crippen molar-refractivity contribution in [1.29, 1.82) is 0 Å². The zero-order valence-electron chi connectivity index (χ0n) is 12.4. The average molecular weight is 308 g/mol. The van der Waals surface area contributed by atoms with Crippen LogP contribution in [-0.4, -0.2) is 31.3 Å². The van der Waals surface area contributed by atoms with Crippen molar-refractivity contribution in [2.24, 2.45) is 5.73 Å². The molecule has 1 amide bonds. The second-order valence-electron chi connectivity index (χ2n) is 5.79. The smallest absolute Gasteiger partial charge is 0.249 e. The monoisotopic (exact) mass is 308 g/mol. The van der Waals surface area contributed by atoms with Crippen LogP contribution in [0.2, 0.25) is 0 Å². The maximum absolute atomic E-state index is 13.5. The fourth-order valence-corrected chi connectivity index (χ4v) is 3.03. The minimum absolute atomic E-state index is 0.0436. The van der Waals surface area contributed by atoms with Gasteiger partial charge in [0.15, 0.2) is 0 Å². The van der Waals surface area contributed by atoms with Crippen LogP contribution < -0.4 is 15.8 Å². The Kier molecular flexibility index (Phi) is 4.59. The van der Waals surface area contributed by atoms with Crippen LogP contribution in [0.1, 0.15) is 37.3 Å². The molecule has 3 rings (SSSR count). The van der Waals surface area contributed by atoms with E-state index in [0.717, 1.165) is 19.3 Å². The Balaban J connectivity index is 1.72. The molecule has 0 aromatic heterocycles. The number of rotatable bonds is 3. The first kappa shape index (κ1) is 15.2. The van der Waals surface area contributed by atoms with Gasteiger partial charge < -0.3 is 20.5 Å². The van der Waals surface area contributed by atoms with Gasteiger partial charge in [0.05, 0.1) is 18.8 Å². The molecule has 1 saturated heterocycles. The van der Waals surface area contributed by atoms with Crippen molar-refractivity contribution >= 4 is 5.91 Å². The number of hydrogen-bond donors (Lipinski definition) is 2. The van der Waals surface area contributed by atoms with E-state index in [2.05, 4.69) is 5.32 Å². The number of carbonyl (C=O) groups is 1. The van der Waals surface area contributed by atoms with Crippen LogP contribution in [0.4, 0.5) is 4.39 Å². The fourth-order valence-electron chi connectivity index (χ4n) is 3.03. The molecule has 0 saturated carbocycles. The highest BCUT2D eigenvalue weighted by molar-refractivity contribution is 5.81. The minimum Gasteiger partial charge on any atom is -0.493 e. The predicted octanol–water partition coefficient (Wildman–Crippen LogP) is 1.66. The van der Waals surface area contributed by atoms with Crippen molar-refractivity contribution in [2.45, 2.75) is 43.9 Å². The molecule has 2 aliphatic rings. The van der Waals surface area contributed by atoms with Crippen molar-refractivity contribution < 1.29 is 18.7 Å². The Morgan fingerprint density at radius 1 is 1.36 bits per heavy atom. The summed E-state index contributed by atoms with van der Waals surface area (Å²) in [4.78, 5) is 12.4. The van der Waals surface area contributed by atoms with Gasteiger partial charge in [-0.1, -0.05) is 0 Å². The number of fused-ring (bicyclic) bond motifs is 1. The molecular weight excluding hydrogens is 287 g/mol. The van der Waals surface area contributed by atoms with Crippen molar-refractivity contribution in [1.82, 2.24) is 5.32 Å². The third-order valence-electron chi connectivity index (χ3n) is 4.22. The first-order valence-electron chi connectivity index (χ1n) is 7.75. The highest BCUT2D eigenvalue weighted by Crippen LogP contribution is 2.32. The van der Waals surface area contributed by atoms with E-state index in [-0.39, 0.29) is 23.9 Å². The molecule has 1 fully saturated rings. The van der Waals surface area contributed by atoms with E-state index < -0.39 is 6.10 Å². The van der Waals surface area contributed by atoms with Crippen LogP contribution in [0.5, 0.6) is 5.75 Å². The van der Waals surface area contributed by atoms with Gasteiger partial charge in [-0.25, -0.2) is 4.39 Å². The highest BCUT2D eigenvalue weighted by atomic mass is 19.1. The molecule has 0 aliphatic carbocycles. The van der Waals surface area contributed by atoms with E-state index in [1.54, 1.807) is 6.07 Å². The third kappa shape index (κ3) is 3.23. The van der Waals surface area contributed by atoms with Gasteiger partial charge in [-0.05, 0) is 43.9 Å². The zero-order chi connectivity index (χ0) is 15.5. The molecule has 0 bridgehead atoms. The molecule has 2 aliphatic heterocycles. The van der Waals surface area contributed by atoms with Crippen LogP contribution >= 0.6 is 0 Å². The number of hydrogen-bond acceptors (Lipinski definition) is 4. The molecule has 0 radical (unpaired) electrons. The second kappa shape index (κ2) is 6.62. The molecule has 5 nitrogen and oxygen atoms in total. The van der Waals surface area contributed by atoms with Crippen molar-refractivity contribution in [3.8, 4) is 5.75 Å². The molecule has 1 aromatic rings. The lowest BCUT2D eigenvalue weighted by molar-refractivity contribution is -0.132. The van der Waals surface area contributed by atoms with Gasteiger partial charge in [0.25, 0.3) is 0 Å². The van der Waals surface area contributed by atoms with Crippen LogP contribution in [0.3, 0.4) is 0 Å². The Bertz CT molecular complexity index is 552. The molecule has 1 aromatic carbocycles. The summed E-state index contributed by atoms with van der Waals surface area (Å²) in [7, 11) is 0. The van der Waals surface area contributed by atoms with Gasteiger partial charge in [-0.2, -0.15) is 0 Å². The van der Waals surface area contributed by atoms with Gasteiger partial charge in [-0.15, -0.1) is 0 Å². The van der Waals surface area contributed by atoms with Crippen LogP contribution in [0, 0.1) is 5.82 Å². The molecule has 22 heavy (non-hydrogen) atoms. The van der Waals surface area contributed by atoms with Gasteiger partial charge in [0, 0.05) is 12.1 Å². The first-order chi connectivity index (χ1) is 10.7. The van der Waals surface area contributed by atoms with E-state index >= 15 is 0 Å². The summed E-state index contributed by atoms with van der Waals surface area (Å²) in [5.41, 5.74) is 6.26. The summed E-state index contributed by atoms with van der Waals surface area (Å²) in [5, 5.41) is 2.98. The predicted molar refractivity (Wildman–Crippen MR) is 79.0 cm³/mol. The van der Waals surface area contributed by atoms with Crippen LogP contribution in [0.25, 0.3) is 0 Å². The number of halogens is 1. The molecule has 120 valence electrons. The van der Waals surface area contributed by atoms with Crippen LogP contribution in [0.15, 0.2) is 18.2 Å². The summed E-state index contributed by atoms with van der Waals surface area (Å²) >= 11 is 0. The lowest BCUT2D eigenvalue weighted by Crippen LogP contribution is -2.37. The molecule has 6 heteroatoms. The SMILES string of the molecule is NC[C@H]1CC[C@@H](C(=O)NC2CCCOc3ccc(F)cc32)O1. The Labute approximate surface area is 129 Å². The number of ether oxygens (including phenoxy) is 2. The molecule has 2 heterocycles. The average Bonchev–Trinajstić information content (AvgIpc) is 2.92. The summed E-state index contributed by atoms with van der Waals surface area (Å²) < 4.78 is 24.8. The Morgan fingerprint density at radius 2 is 2.23 bits per heavy atom. The maximum Gasteiger partial charge on any atom is 0.249 e. The van der Waals surface area contributed by atoms with Gasteiger partial charge in [0.1, 0.15) is 17.7 Å². The molecule has 0 spiro atoms. The summed E-state index contributed by atoms with van der Waals surface area (Å²) in [6, 6.07) is 4.17. The Hall–Kier alpha value is -1.66. The van der Waals surface area contributed by atoms with Crippen LogP contribution in [-0.2, 0) is 9.53 Å². The third-order valence-corrected chi connectivity index (χ3v) is 4.22. The first-order valence-corrected chi connectivity index (χ1v) is 7.75. The summed E-state index contributed by atoms with van der Waals surface area (Å²) in [6.45, 7) is 0.995. The topological polar surface area (TPSA) is 73.6 Å².